The number of ether oxygens (including phenoxy) is 1. The molecule has 0 fully saturated rings. The number of hydrogen-bond acceptors (Lipinski definition) is 4. The third-order valence-electron chi connectivity index (χ3n) is 1.01. The maximum atomic E-state index is 10.0. The summed E-state index contributed by atoms with van der Waals surface area (Å²) in [7, 11) is 1.65. The lowest BCUT2D eigenvalue weighted by molar-refractivity contribution is -0.122. The molecule has 0 unspecified atom stereocenters. The molecule has 0 bridgehead atoms. The molecule has 64 valence electrons. The third-order valence-corrected chi connectivity index (χ3v) is 1.01. The lowest BCUT2D eigenvalue weighted by Gasteiger charge is -2.17. The zero-order valence-corrected chi connectivity index (χ0v) is 7.34. The Morgan fingerprint density at radius 1 is 1.55 bits per heavy atom. The van der Waals surface area contributed by atoms with Crippen molar-refractivity contribution in [3.8, 4) is 0 Å². The van der Waals surface area contributed by atoms with Crippen LogP contribution in [-0.2, 0) is 9.53 Å². The van der Waals surface area contributed by atoms with Crippen LogP contribution in [-0.4, -0.2) is 19.4 Å². The Hall–Kier alpha value is -1.06. The van der Waals surface area contributed by atoms with E-state index in [1.54, 1.807) is 7.05 Å². The van der Waals surface area contributed by atoms with Crippen molar-refractivity contribution in [2.24, 2.45) is 10.5 Å². The molecular weight excluding hydrogens is 144 g/mol. The fraction of sp³-hybridized carbons (Fsp3) is 0.714. The highest BCUT2D eigenvalue weighted by atomic mass is 16.5. The van der Waals surface area contributed by atoms with Crippen molar-refractivity contribution in [1.29, 1.82) is 0 Å². The minimum absolute atomic E-state index is 0.246. The fourth-order valence-electron chi connectivity index (χ4n) is 0.518. The van der Waals surface area contributed by atoms with Crippen LogP contribution in [0.15, 0.2) is 5.10 Å². The minimum Gasteiger partial charge on any atom is -0.412 e. The van der Waals surface area contributed by atoms with Crippen molar-refractivity contribution in [1.82, 2.24) is 5.43 Å². The molecule has 0 atom stereocenters. The number of hydrogen-bond donors (Lipinski definition) is 1. The molecule has 0 spiro atoms. The van der Waals surface area contributed by atoms with Crippen molar-refractivity contribution in [2.75, 3.05) is 7.05 Å². The van der Waals surface area contributed by atoms with E-state index >= 15 is 0 Å². The Kier molecular flexibility index (Phi) is 3.57. The first-order chi connectivity index (χ1) is 5.02. The Bertz CT molecular complexity index is 158. The highest BCUT2D eigenvalue weighted by Gasteiger charge is 2.20. The monoisotopic (exact) mass is 158 g/mol. The predicted molar refractivity (Wildman–Crippen MR) is 43.1 cm³/mol. The smallest absolute Gasteiger partial charge is 0.299 e. The van der Waals surface area contributed by atoms with Crippen molar-refractivity contribution >= 4 is 12.4 Å². The van der Waals surface area contributed by atoms with Crippen LogP contribution in [0, 0.1) is 5.41 Å². The number of nitrogens with zero attached hydrogens (tertiary/aromatic N) is 1. The molecule has 0 saturated heterocycles. The first kappa shape index (κ1) is 9.94. The van der Waals surface area contributed by atoms with Crippen LogP contribution in [0.5, 0.6) is 0 Å². The molecule has 0 radical (unpaired) electrons. The molecule has 0 saturated carbocycles. The molecule has 0 aliphatic rings. The average Bonchev–Trinajstić information content (AvgIpc) is 1.85. The fourth-order valence-corrected chi connectivity index (χ4v) is 0.518. The Labute approximate surface area is 66.6 Å². The van der Waals surface area contributed by atoms with E-state index in [9.17, 15) is 4.79 Å². The molecule has 0 amide bonds. The van der Waals surface area contributed by atoms with Crippen LogP contribution in [0.25, 0.3) is 0 Å². The molecule has 1 N–H and O–H groups in total. The third kappa shape index (κ3) is 3.60. The molecule has 11 heavy (non-hydrogen) atoms. The summed E-state index contributed by atoms with van der Waals surface area (Å²) in [5, 5.41) is 3.80. The summed E-state index contributed by atoms with van der Waals surface area (Å²) >= 11 is 0. The number of hydrazone groups is 1. The Balaban J connectivity index is 4.34. The lowest BCUT2D eigenvalue weighted by Crippen LogP contribution is -2.25. The number of rotatable bonds is 2. The molecular formula is C7H14N2O2. The zero-order valence-electron chi connectivity index (χ0n) is 7.34. The lowest BCUT2D eigenvalue weighted by atomic mass is 9.97. The second kappa shape index (κ2) is 3.95. The van der Waals surface area contributed by atoms with Gasteiger partial charge >= 0.3 is 0 Å². The van der Waals surface area contributed by atoms with Gasteiger partial charge < -0.3 is 10.2 Å². The average molecular weight is 158 g/mol. The topological polar surface area (TPSA) is 50.7 Å². The SMILES string of the molecule is CN/N=C(\OC=O)C(C)(C)C. The van der Waals surface area contributed by atoms with Gasteiger partial charge in [-0.25, -0.2) is 0 Å². The zero-order chi connectivity index (χ0) is 8.91. The highest BCUT2D eigenvalue weighted by molar-refractivity contribution is 5.86. The van der Waals surface area contributed by atoms with Crippen LogP contribution >= 0.6 is 0 Å². The van der Waals surface area contributed by atoms with Gasteiger partial charge in [0, 0.05) is 12.5 Å². The van der Waals surface area contributed by atoms with Gasteiger partial charge in [-0.2, -0.15) is 0 Å². The van der Waals surface area contributed by atoms with Crippen molar-refractivity contribution < 1.29 is 9.53 Å². The number of carbonyl (C=O) groups is 1. The second-order valence-corrected chi connectivity index (χ2v) is 3.10. The standard InChI is InChI=1S/C7H14N2O2/c1-7(2,3)6(9-8-4)11-5-10/h5,8H,1-4H3/b9-6-. The molecule has 4 nitrogen and oxygen atoms in total. The van der Waals surface area contributed by atoms with Crippen LogP contribution < -0.4 is 5.43 Å². The number of nitrogens with one attached hydrogen (secondary N) is 1. The summed E-state index contributed by atoms with van der Waals surface area (Å²) in [5.41, 5.74) is 2.32. The molecule has 4 heteroatoms. The number of carbonyl (C=O) groups excluding carboxylic acids is 1. The van der Waals surface area contributed by atoms with E-state index in [2.05, 4.69) is 15.3 Å². The van der Waals surface area contributed by atoms with Gasteiger partial charge in [0.1, 0.15) is 0 Å². The minimum atomic E-state index is -0.246. The van der Waals surface area contributed by atoms with Crippen LogP contribution in [0.4, 0.5) is 0 Å². The largest absolute Gasteiger partial charge is 0.412 e. The van der Waals surface area contributed by atoms with E-state index in [1.165, 1.54) is 0 Å². The van der Waals surface area contributed by atoms with E-state index < -0.39 is 0 Å². The summed E-state index contributed by atoms with van der Waals surface area (Å²) < 4.78 is 4.65. The van der Waals surface area contributed by atoms with Gasteiger partial charge in [-0.1, -0.05) is 20.8 Å². The highest BCUT2D eigenvalue weighted by Crippen LogP contribution is 2.15. The van der Waals surface area contributed by atoms with E-state index in [1.807, 2.05) is 20.8 Å². The van der Waals surface area contributed by atoms with Gasteiger partial charge in [-0.3, -0.25) is 4.79 Å². The Morgan fingerprint density at radius 2 is 2.09 bits per heavy atom. The first-order valence-corrected chi connectivity index (χ1v) is 3.37. The quantitative estimate of drug-likeness (QED) is 0.279. The van der Waals surface area contributed by atoms with E-state index in [4.69, 9.17) is 0 Å². The maximum absolute atomic E-state index is 10.0. The van der Waals surface area contributed by atoms with Gasteiger partial charge in [0.15, 0.2) is 0 Å². The molecule has 0 rings (SSSR count). The Morgan fingerprint density at radius 3 is 2.36 bits per heavy atom. The van der Waals surface area contributed by atoms with E-state index in [-0.39, 0.29) is 5.41 Å². The van der Waals surface area contributed by atoms with Crippen molar-refractivity contribution in [3.05, 3.63) is 0 Å². The first-order valence-electron chi connectivity index (χ1n) is 3.37. The summed E-state index contributed by atoms with van der Waals surface area (Å²) in [6.07, 6.45) is 0. The summed E-state index contributed by atoms with van der Waals surface area (Å²) in [6.45, 7) is 6.10. The summed E-state index contributed by atoms with van der Waals surface area (Å²) in [5.74, 6) is 0.384. The van der Waals surface area contributed by atoms with Gasteiger partial charge in [-0.05, 0) is 0 Å². The normalized spacial score (nSPS) is 12.5. The molecule has 0 aliphatic carbocycles. The summed E-state index contributed by atoms with van der Waals surface area (Å²) in [6, 6.07) is 0. The van der Waals surface area contributed by atoms with Gasteiger partial charge in [0.05, 0.1) is 0 Å². The van der Waals surface area contributed by atoms with Crippen LogP contribution in [0.3, 0.4) is 0 Å². The molecule has 0 aromatic heterocycles. The summed E-state index contributed by atoms with van der Waals surface area (Å²) in [4.78, 5) is 10.0. The van der Waals surface area contributed by atoms with Crippen LogP contribution in [0.2, 0.25) is 0 Å². The van der Waals surface area contributed by atoms with Crippen LogP contribution in [0.1, 0.15) is 20.8 Å². The van der Waals surface area contributed by atoms with Crippen molar-refractivity contribution in [2.45, 2.75) is 20.8 Å². The molecule has 0 aromatic carbocycles. The maximum Gasteiger partial charge on any atom is 0.299 e. The van der Waals surface area contributed by atoms with Gasteiger partial charge in [0.2, 0.25) is 5.90 Å². The van der Waals surface area contributed by atoms with Crippen molar-refractivity contribution in [3.63, 3.8) is 0 Å². The molecule has 0 aromatic rings. The molecule has 0 heterocycles. The second-order valence-electron chi connectivity index (χ2n) is 3.10. The van der Waals surface area contributed by atoms with Gasteiger partial charge in [0.25, 0.3) is 6.47 Å². The van der Waals surface area contributed by atoms with E-state index in [0.717, 1.165) is 0 Å². The predicted octanol–water partition coefficient (Wildman–Crippen LogP) is 0.738. The van der Waals surface area contributed by atoms with Gasteiger partial charge in [-0.15, -0.1) is 5.10 Å². The van der Waals surface area contributed by atoms with E-state index in [0.29, 0.717) is 12.4 Å². The molecule has 0 aliphatic heterocycles.